The summed E-state index contributed by atoms with van der Waals surface area (Å²) < 4.78 is 33.8. The lowest BCUT2D eigenvalue weighted by molar-refractivity contribution is -0.139. The van der Waals surface area contributed by atoms with Crippen molar-refractivity contribution in [1.82, 2.24) is 14.8 Å². The molecule has 1 N–H and O–H groups in total. The number of nitrogens with zero attached hydrogens (tertiary/aromatic N) is 4. The molecule has 1 atom stereocenters. The summed E-state index contributed by atoms with van der Waals surface area (Å²) >= 11 is 0. The van der Waals surface area contributed by atoms with Crippen molar-refractivity contribution in [3.05, 3.63) is 83.3 Å². The summed E-state index contributed by atoms with van der Waals surface area (Å²) in [7, 11) is 0. The van der Waals surface area contributed by atoms with E-state index in [4.69, 9.17) is 4.74 Å². The molecule has 1 aliphatic heterocycles. The number of hydrogen-bond acceptors (Lipinski definition) is 6. The van der Waals surface area contributed by atoms with Crippen molar-refractivity contribution < 1.29 is 23.1 Å². The maximum absolute atomic E-state index is 13.5. The summed E-state index contributed by atoms with van der Waals surface area (Å²) in [4.78, 5) is 31.5. The smallest absolute Gasteiger partial charge is 0.338 e. The minimum Gasteiger partial charge on any atom is -0.463 e. The van der Waals surface area contributed by atoms with Crippen LogP contribution in [0.25, 0.3) is 0 Å². The Balaban J connectivity index is 1.73. The number of halogens is 2. The number of allylic oxidation sites excluding steroid dienone is 1. The topological polar surface area (TPSA) is 89.3 Å². The SMILES string of the molecule is CCOC(=O)C1=C(C)N(CC(=O)Nc2cccc(F)c2)c2ncnn2[C@H]1c1ccc(F)cc1. The third kappa shape index (κ3) is 4.45. The van der Waals surface area contributed by atoms with Gasteiger partial charge in [0.2, 0.25) is 11.9 Å². The fourth-order valence-corrected chi connectivity index (χ4v) is 3.76. The van der Waals surface area contributed by atoms with Crippen LogP contribution in [0, 0.1) is 11.6 Å². The van der Waals surface area contributed by atoms with Gasteiger partial charge >= 0.3 is 5.97 Å². The first-order valence-corrected chi connectivity index (χ1v) is 10.2. The van der Waals surface area contributed by atoms with E-state index in [1.807, 2.05) is 0 Å². The van der Waals surface area contributed by atoms with Crippen LogP contribution >= 0.6 is 0 Å². The fourth-order valence-electron chi connectivity index (χ4n) is 3.76. The maximum atomic E-state index is 13.5. The van der Waals surface area contributed by atoms with Gasteiger partial charge in [0.25, 0.3) is 0 Å². The van der Waals surface area contributed by atoms with Crippen LogP contribution in [0.5, 0.6) is 0 Å². The number of fused-ring (bicyclic) bond motifs is 1. The van der Waals surface area contributed by atoms with Gasteiger partial charge in [-0.25, -0.2) is 18.3 Å². The van der Waals surface area contributed by atoms with E-state index in [1.165, 1.54) is 46.2 Å². The Morgan fingerprint density at radius 1 is 1.12 bits per heavy atom. The molecule has 0 radical (unpaired) electrons. The molecule has 2 aromatic carbocycles. The van der Waals surface area contributed by atoms with Crippen LogP contribution in [0.4, 0.5) is 20.4 Å². The molecular weight excluding hydrogens is 432 g/mol. The third-order valence-corrected chi connectivity index (χ3v) is 5.20. The monoisotopic (exact) mass is 453 g/mol. The Morgan fingerprint density at radius 3 is 2.58 bits per heavy atom. The fraction of sp³-hybridized carbons (Fsp3) is 0.217. The zero-order chi connectivity index (χ0) is 23.5. The van der Waals surface area contributed by atoms with Gasteiger partial charge in [0.1, 0.15) is 30.5 Å². The van der Waals surface area contributed by atoms with Gasteiger partial charge < -0.3 is 15.0 Å². The van der Waals surface area contributed by atoms with Gasteiger partial charge in [0.15, 0.2) is 0 Å². The molecule has 1 amide bonds. The minimum absolute atomic E-state index is 0.149. The number of carbonyl (C=O) groups is 2. The van der Waals surface area contributed by atoms with Crippen molar-refractivity contribution in [2.75, 3.05) is 23.4 Å². The molecule has 0 bridgehead atoms. The van der Waals surface area contributed by atoms with Crippen LogP contribution in [0.2, 0.25) is 0 Å². The summed E-state index contributed by atoms with van der Waals surface area (Å²) in [6.07, 6.45) is 1.31. The first-order chi connectivity index (χ1) is 15.9. The number of carbonyl (C=O) groups excluding carboxylic acids is 2. The van der Waals surface area contributed by atoms with Crippen LogP contribution in [0.1, 0.15) is 25.5 Å². The standard InChI is InChI=1S/C23H21F2N5O3/c1-3-33-22(32)20-14(2)29(12-19(31)28-18-6-4-5-17(25)11-18)23-26-13-27-30(23)21(20)15-7-9-16(24)10-8-15/h4-11,13,21H,3,12H2,1-2H3,(H,28,31)/t21-/m0/s1. The van der Waals surface area contributed by atoms with E-state index in [0.29, 0.717) is 22.9 Å². The predicted molar refractivity (Wildman–Crippen MR) is 116 cm³/mol. The summed E-state index contributed by atoms with van der Waals surface area (Å²) in [5, 5.41) is 6.90. The van der Waals surface area contributed by atoms with Gasteiger partial charge in [-0.05, 0) is 49.7 Å². The van der Waals surface area contributed by atoms with Gasteiger partial charge in [-0.1, -0.05) is 18.2 Å². The molecule has 2 heterocycles. The number of ether oxygens (including phenoxy) is 1. The highest BCUT2D eigenvalue weighted by molar-refractivity contribution is 5.96. The molecule has 4 rings (SSSR count). The Hall–Kier alpha value is -4.08. The molecule has 10 heteroatoms. The molecule has 1 aromatic heterocycles. The first-order valence-electron chi connectivity index (χ1n) is 10.2. The first kappa shape index (κ1) is 22.1. The molecule has 0 saturated carbocycles. The van der Waals surface area contributed by atoms with Crippen molar-refractivity contribution in [3.8, 4) is 0 Å². The average Bonchev–Trinajstić information content (AvgIpc) is 3.25. The number of esters is 1. The zero-order valence-corrected chi connectivity index (χ0v) is 18.0. The Kier molecular flexibility index (Phi) is 6.16. The quantitative estimate of drug-likeness (QED) is 0.575. The van der Waals surface area contributed by atoms with Crippen molar-refractivity contribution in [2.45, 2.75) is 19.9 Å². The number of nitrogens with one attached hydrogen (secondary N) is 1. The van der Waals surface area contributed by atoms with E-state index in [9.17, 15) is 18.4 Å². The highest BCUT2D eigenvalue weighted by atomic mass is 19.1. The predicted octanol–water partition coefficient (Wildman–Crippen LogP) is 3.44. The van der Waals surface area contributed by atoms with Crippen LogP contribution < -0.4 is 10.2 Å². The van der Waals surface area contributed by atoms with Crippen molar-refractivity contribution in [2.24, 2.45) is 0 Å². The van der Waals surface area contributed by atoms with E-state index in [0.717, 1.165) is 0 Å². The molecule has 0 fully saturated rings. The molecule has 170 valence electrons. The Labute approximate surface area is 188 Å². The highest BCUT2D eigenvalue weighted by Crippen LogP contribution is 2.38. The van der Waals surface area contributed by atoms with Crippen molar-refractivity contribution >= 4 is 23.5 Å². The largest absolute Gasteiger partial charge is 0.463 e. The molecule has 0 spiro atoms. The lowest BCUT2D eigenvalue weighted by Gasteiger charge is -2.35. The second-order valence-electron chi connectivity index (χ2n) is 7.32. The number of hydrogen-bond donors (Lipinski definition) is 1. The normalized spacial score (nSPS) is 15.3. The molecule has 8 nitrogen and oxygen atoms in total. The molecule has 0 unspecified atom stereocenters. The number of rotatable bonds is 6. The van der Waals surface area contributed by atoms with Gasteiger partial charge in [-0.2, -0.15) is 10.1 Å². The summed E-state index contributed by atoms with van der Waals surface area (Å²) in [5.41, 5.74) is 1.60. The number of anilines is 2. The van der Waals surface area contributed by atoms with Gasteiger partial charge in [-0.15, -0.1) is 0 Å². The highest BCUT2D eigenvalue weighted by Gasteiger charge is 2.38. The van der Waals surface area contributed by atoms with Crippen molar-refractivity contribution in [3.63, 3.8) is 0 Å². The van der Waals surface area contributed by atoms with Gasteiger partial charge in [-0.3, -0.25) is 4.79 Å². The molecular formula is C23H21F2N5O3. The van der Waals surface area contributed by atoms with Gasteiger partial charge in [0.05, 0.1) is 12.2 Å². The Bertz CT molecular complexity index is 1220. The summed E-state index contributed by atoms with van der Waals surface area (Å²) in [6, 6.07) is 10.5. The number of aromatic nitrogens is 3. The van der Waals surface area contributed by atoms with E-state index in [-0.39, 0.29) is 18.7 Å². The van der Waals surface area contributed by atoms with E-state index < -0.39 is 29.6 Å². The maximum Gasteiger partial charge on any atom is 0.338 e. The molecule has 0 saturated heterocycles. The lowest BCUT2D eigenvalue weighted by Crippen LogP contribution is -2.40. The van der Waals surface area contributed by atoms with E-state index >= 15 is 0 Å². The molecule has 3 aromatic rings. The van der Waals surface area contributed by atoms with E-state index in [2.05, 4.69) is 15.4 Å². The zero-order valence-electron chi connectivity index (χ0n) is 18.0. The minimum atomic E-state index is -0.718. The van der Waals surface area contributed by atoms with E-state index in [1.54, 1.807) is 32.0 Å². The third-order valence-electron chi connectivity index (χ3n) is 5.20. The van der Waals surface area contributed by atoms with Crippen molar-refractivity contribution in [1.29, 1.82) is 0 Å². The lowest BCUT2D eigenvalue weighted by atomic mass is 9.95. The molecule has 0 aliphatic carbocycles. The van der Waals surface area contributed by atoms with Crippen LogP contribution in [-0.2, 0) is 14.3 Å². The summed E-state index contributed by atoms with van der Waals surface area (Å²) in [5.74, 6) is -1.60. The summed E-state index contributed by atoms with van der Waals surface area (Å²) in [6.45, 7) is 3.31. The van der Waals surface area contributed by atoms with Crippen LogP contribution in [0.3, 0.4) is 0 Å². The molecule has 33 heavy (non-hydrogen) atoms. The second kappa shape index (κ2) is 9.19. The molecule has 1 aliphatic rings. The Morgan fingerprint density at radius 2 is 1.88 bits per heavy atom. The second-order valence-corrected chi connectivity index (χ2v) is 7.32. The van der Waals surface area contributed by atoms with Crippen LogP contribution in [0.15, 0.2) is 66.1 Å². The van der Waals surface area contributed by atoms with Crippen LogP contribution in [-0.4, -0.2) is 39.8 Å². The number of benzene rings is 2. The average molecular weight is 453 g/mol. The van der Waals surface area contributed by atoms with Gasteiger partial charge in [0, 0.05) is 11.4 Å². The number of amides is 1.